The third-order valence-corrected chi connectivity index (χ3v) is 7.59. The van der Waals surface area contributed by atoms with Gasteiger partial charge in [0.25, 0.3) is 0 Å². The molecule has 3 heteroatoms. The Labute approximate surface area is 186 Å². The monoisotopic (exact) mass is 416 g/mol. The lowest BCUT2D eigenvalue weighted by Crippen LogP contribution is -2.32. The van der Waals surface area contributed by atoms with E-state index in [1.807, 2.05) is 0 Å². The highest BCUT2D eigenvalue weighted by Gasteiger charge is 2.32. The van der Waals surface area contributed by atoms with E-state index in [2.05, 4.69) is 45.0 Å². The number of aliphatic hydroxyl groups is 1. The maximum absolute atomic E-state index is 9.36. The number of rotatable bonds is 0. The van der Waals surface area contributed by atoms with E-state index in [0.717, 1.165) is 25.2 Å². The van der Waals surface area contributed by atoms with Gasteiger partial charge in [0.1, 0.15) is 0 Å². The van der Waals surface area contributed by atoms with E-state index in [-0.39, 0.29) is 6.10 Å². The predicted octanol–water partition coefficient (Wildman–Crippen LogP) is 6.27. The van der Waals surface area contributed by atoms with Gasteiger partial charge in [-0.1, -0.05) is 77.1 Å². The van der Waals surface area contributed by atoms with Crippen LogP contribution in [-0.4, -0.2) is 17.3 Å². The molecule has 0 aromatic heterocycles. The smallest absolute Gasteiger partial charge is 0.0545 e. The van der Waals surface area contributed by atoms with E-state index in [0.29, 0.717) is 17.5 Å². The zero-order valence-corrected chi connectivity index (χ0v) is 19.9. The number of nitrogens with two attached hydrogens (primary N) is 2. The Balaban J connectivity index is 0.000000161. The van der Waals surface area contributed by atoms with Crippen LogP contribution in [0, 0.1) is 11.3 Å². The minimum Gasteiger partial charge on any atom is -0.393 e. The minimum atomic E-state index is -0.0359. The van der Waals surface area contributed by atoms with Crippen molar-refractivity contribution in [1.29, 1.82) is 0 Å². The van der Waals surface area contributed by atoms with Gasteiger partial charge >= 0.3 is 0 Å². The molecular weight excluding hydrogens is 368 g/mol. The van der Waals surface area contributed by atoms with E-state index in [4.69, 9.17) is 11.5 Å². The number of benzene rings is 1. The zero-order chi connectivity index (χ0) is 22.0. The molecule has 3 nitrogen and oxygen atoms in total. The minimum absolute atomic E-state index is 0.0359. The highest BCUT2D eigenvalue weighted by Crippen LogP contribution is 2.40. The molecule has 0 bridgehead atoms. The lowest BCUT2D eigenvalue weighted by Gasteiger charge is -2.38. The number of aliphatic hydroxyl groups excluding tert-OH is 1. The summed E-state index contributed by atoms with van der Waals surface area (Å²) in [6.07, 6.45) is 16.3. The SMILES string of the molecule is CC1CCC(O)CC1(C)C.NC1CCCCCCC1.NC1CCCc2ccccc21. The van der Waals surface area contributed by atoms with Gasteiger partial charge in [0.15, 0.2) is 0 Å². The first kappa shape index (κ1) is 25.4. The van der Waals surface area contributed by atoms with Crippen LogP contribution in [-0.2, 0) is 6.42 Å². The second-order valence-electron chi connectivity index (χ2n) is 10.6. The molecule has 3 aliphatic carbocycles. The number of hydrogen-bond donors (Lipinski definition) is 3. The number of aryl methyl sites for hydroxylation is 1. The van der Waals surface area contributed by atoms with Crippen LogP contribution < -0.4 is 11.5 Å². The van der Waals surface area contributed by atoms with Crippen LogP contribution in [0.4, 0.5) is 0 Å². The quantitative estimate of drug-likeness (QED) is 0.466. The Kier molecular flexibility index (Phi) is 10.8. The summed E-state index contributed by atoms with van der Waals surface area (Å²) in [6, 6.07) is 9.32. The Morgan fingerprint density at radius 1 is 0.833 bits per heavy atom. The van der Waals surface area contributed by atoms with Crippen LogP contribution in [0.1, 0.15) is 115 Å². The first-order valence-corrected chi connectivity index (χ1v) is 12.6. The van der Waals surface area contributed by atoms with Crippen LogP contribution in [0.2, 0.25) is 0 Å². The molecule has 30 heavy (non-hydrogen) atoms. The molecule has 3 atom stereocenters. The normalized spacial score (nSPS) is 29.1. The Bertz CT molecular complexity index is 592. The average molecular weight is 417 g/mol. The van der Waals surface area contributed by atoms with Crippen molar-refractivity contribution in [3.05, 3.63) is 35.4 Å². The van der Waals surface area contributed by atoms with E-state index in [1.165, 1.54) is 75.3 Å². The summed E-state index contributed by atoms with van der Waals surface area (Å²) in [5, 5.41) is 9.36. The Morgan fingerprint density at radius 3 is 2.07 bits per heavy atom. The molecule has 0 aliphatic heterocycles. The van der Waals surface area contributed by atoms with Crippen LogP contribution in [0.15, 0.2) is 24.3 Å². The summed E-state index contributed by atoms with van der Waals surface area (Å²) in [4.78, 5) is 0. The molecule has 1 aromatic carbocycles. The Hall–Kier alpha value is -0.900. The van der Waals surface area contributed by atoms with Crippen molar-refractivity contribution in [2.24, 2.45) is 22.8 Å². The van der Waals surface area contributed by atoms with Crippen molar-refractivity contribution in [3.63, 3.8) is 0 Å². The molecule has 3 aliphatic rings. The van der Waals surface area contributed by atoms with E-state index in [9.17, 15) is 5.11 Å². The van der Waals surface area contributed by atoms with Crippen molar-refractivity contribution in [2.75, 3.05) is 0 Å². The fourth-order valence-electron chi connectivity index (χ4n) is 5.02. The van der Waals surface area contributed by atoms with Gasteiger partial charge in [0, 0.05) is 12.1 Å². The molecule has 0 saturated heterocycles. The van der Waals surface area contributed by atoms with E-state index < -0.39 is 0 Å². The summed E-state index contributed by atoms with van der Waals surface area (Å²) in [5.74, 6) is 0.774. The van der Waals surface area contributed by atoms with Crippen molar-refractivity contribution >= 4 is 0 Å². The lowest BCUT2D eigenvalue weighted by molar-refractivity contribution is 0.0300. The molecule has 0 radical (unpaired) electrons. The van der Waals surface area contributed by atoms with Gasteiger partial charge in [-0.2, -0.15) is 0 Å². The maximum Gasteiger partial charge on any atom is 0.0545 e. The maximum atomic E-state index is 9.36. The van der Waals surface area contributed by atoms with Crippen LogP contribution >= 0.6 is 0 Å². The molecule has 4 rings (SSSR count). The van der Waals surface area contributed by atoms with E-state index in [1.54, 1.807) is 0 Å². The summed E-state index contributed by atoms with van der Waals surface area (Å²) in [6.45, 7) is 6.78. The van der Waals surface area contributed by atoms with Crippen LogP contribution in [0.25, 0.3) is 0 Å². The second kappa shape index (κ2) is 12.8. The molecule has 2 saturated carbocycles. The zero-order valence-electron chi connectivity index (χ0n) is 19.9. The molecule has 3 unspecified atom stereocenters. The highest BCUT2D eigenvalue weighted by molar-refractivity contribution is 5.31. The molecule has 1 aromatic rings. The summed E-state index contributed by atoms with van der Waals surface area (Å²) in [5.41, 5.74) is 14.9. The summed E-state index contributed by atoms with van der Waals surface area (Å²) >= 11 is 0. The first-order valence-electron chi connectivity index (χ1n) is 12.6. The van der Waals surface area contributed by atoms with Crippen molar-refractivity contribution in [2.45, 2.75) is 122 Å². The van der Waals surface area contributed by atoms with Gasteiger partial charge in [0.2, 0.25) is 0 Å². The average Bonchev–Trinajstić information content (AvgIpc) is 2.69. The molecular formula is C27H48N2O. The van der Waals surface area contributed by atoms with Crippen LogP contribution in [0.5, 0.6) is 0 Å². The van der Waals surface area contributed by atoms with Gasteiger partial charge in [-0.25, -0.2) is 0 Å². The second-order valence-corrected chi connectivity index (χ2v) is 10.6. The predicted molar refractivity (Wildman–Crippen MR) is 129 cm³/mol. The lowest BCUT2D eigenvalue weighted by atomic mass is 9.69. The largest absolute Gasteiger partial charge is 0.393 e. The van der Waals surface area contributed by atoms with Gasteiger partial charge < -0.3 is 16.6 Å². The molecule has 0 spiro atoms. The molecule has 0 heterocycles. The number of hydrogen-bond acceptors (Lipinski definition) is 3. The van der Waals surface area contributed by atoms with E-state index >= 15 is 0 Å². The van der Waals surface area contributed by atoms with Gasteiger partial charge in [-0.3, -0.25) is 0 Å². The standard InChI is InChI=1S/C10H13N.C9H18O.C8H17N/c11-10-7-3-5-8-4-1-2-6-9(8)10;1-7-4-5-8(10)6-9(7,2)3;9-8-6-4-2-1-3-5-7-8/h1-2,4,6,10H,3,5,7,11H2;7-8,10H,4-6H2,1-3H3;8H,1-7,9H2. The van der Waals surface area contributed by atoms with Crippen molar-refractivity contribution in [1.82, 2.24) is 0 Å². The third-order valence-electron chi connectivity index (χ3n) is 7.59. The Morgan fingerprint density at radius 2 is 1.47 bits per heavy atom. The number of fused-ring (bicyclic) bond motifs is 1. The summed E-state index contributed by atoms with van der Waals surface area (Å²) < 4.78 is 0. The molecule has 172 valence electrons. The molecule has 0 amide bonds. The summed E-state index contributed by atoms with van der Waals surface area (Å²) in [7, 11) is 0. The van der Waals surface area contributed by atoms with Gasteiger partial charge in [0.05, 0.1) is 6.10 Å². The topological polar surface area (TPSA) is 72.3 Å². The van der Waals surface area contributed by atoms with Crippen LogP contribution in [0.3, 0.4) is 0 Å². The molecule has 2 fully saturated rings. The van der Waals surface area contributed by atoms with Crippen molar-refractivity contribution in [3.8, 4) is 0 Å². The first-order chi connectivity index (χ1) is 14.3. The van der Waals surface area contributed by atoms with Gasteiger partial charge in [-0.05, 0) is 73.8 Å². The fourth-order valence-corrected chi connectivity index (χ4v) is 5.02. The third kappa shape index (κ3) is 8.69. The molecule has 5 N–H and O–H groups in total. The fraction of sp³-hybridized carbons (Fsp3) is 0.778. The highest BCUT2D eigenvalue weighted by atomic mass is 16.3. The van der Waals surface area contributed by atoms with Crippen molar-refractivity contribution < 1.29 is 5.11 Å². The van der Waals surface area contributed by atoms with Gasteiger partial charge in [-0.15, -0.1) is 0 Å².